The van der Waals surface area contributed by atoms with Crippen LogP contribution in [0.3, 0.4) is 0 Å². The fourth-order valence-corrected chi connectivity index (χ4v) is 2.57. The number of hydrogen-bond acceptors (Lipinski definition) is 3. The predicted molar refractivity (Wildman–Crippen MR) is 78.4 cm³/mol. The number of benzene rings is 1. The number of carboxylic acid groups (broad SMARTS) is 1. The van der Waals surface area contributed by atoms with E-state index in [-0.39, 0.29) is 5.82 Å². The number of aliphatic carboxylic acids is 1. The molecule has 1 aromatic carbocycles. The summed E-state index contributed by atoms with van der Waals surface area (Å²) < 4.78 is 19.0. The lowest BCUT2D eigenvalue weighted by atomic mass is 10.1. The van der Waals surface area contributed by atoms with E-state index in [2.05, 4.69) is 4.90 Å². The number of rotatable bonds is 5. The first-order chi connectivity index (χ1) is 10.0. The van der Waals surface area contributed by atoms with E-state index in [1.807, 2.05) is 13.1 Å². The molecule has 1 N–H and O–H groups in total. The smallest absolute Gasteiger partial charge is 0.328 e. The Morgan fingerprint density at radius 1 is 1.43 bits per heavy atom. The maximum atomic E-state index is 13.6. The lowest BCUT2D eigenvalue weighted by Gasteiger charge is -2.31. The van der Waals surface area contributed by atoms with E-state index >= 15 is 0 Å². The minimum atomic E-state index is -1.04. The molecule has 114 valence electrons. The topological polar surface area (TPSA) is 49.8 Å². The Morgan fingerprint density at radius 2 is 2.14 bits per heavy atom. The van der Waals surface area contributed by atoms with E-state index in [4.69, 9.17) is 9.84 Å². The molecule has 1 saturated heterocycles. The Labute approximate surface area is 123 Å². The molecule has 21 heavy (non-hydrogen) atoms. The molecule has 0 aliphatic carbocycles. The summed E-state index contributed by atoms with van der Waals surface area (Å²) in [6.45, 7) is 2.17. The van der Waals surface area contributed by atoms with Gasteiger partial charge in [0.05, 0.1) is 0 Å². The minimum absolute atomic E-state index is 0.349. The molecule has 0 radical (unpaired) electrons. The quantitative estimate of drug-likeness (QED) is 0.848. The van der Waals surface area contributed by atoms with Crippen molar-refractivity contribution in [1.29, 1.82) is 0 Å². The van der Waals surface area contributed by atoms with Crippen LogP contribution >= 0.6 is 0 Å². The van der Waals surface area contributed by atoms with Crippen LogP contribution in [0, 0.1) is 5.82 Å². The summed E-state index contributed by atoms with van der Waals surface area (Å²) in [5.41, 5.74) is 1.40. The van der Waals surface area contributed by atoms with Crippen LogP contribution in [0.1, 0.15) is 24.0 Å². The molecule has 1 aliphatic heterocycles. The summed E-state index contributed by atoms with van der Waals surface area (Å²) in [5.74, 6) is -1.39. The summed E-state index contributed by atoms with van der Waals surface area (Å²) >= 11 is 0. The Balaban J connectivity index is 2.06. The first kappa shape index (κ1) is 15.7. The van der Waals surface area contributed by atoms with Gasteiger partial charge in [0.25, 0.3) is 0 Å². The van der Waals surface area contributed by atoms with Crippen LogP contribution in [0.5, 0.6) is 0 Å². The van der Waals surface area contributed by atoms with Gasteiger partial charge in [0, 0.05) is 31.9 Å². The van der Waals surface area contributed by atoms with Gasteiger partial charge in [-0.25, -0.2) is 9.18 Å². The van der Waals surface area contributed by atoms with Crippen LogP contribution in [-0.4, -0.2) is 42.3 Å². The molecule has 0 atom stereocenters. The van der Waals surface area contributed by atoms with Crippen molar-refractivity contribution in [3.05, 3.63) is 41.2 Å². The molecular formula is C16H20FNO3. The molecule has 0 aromatic heterocycles. The average molecular weight is 293 g/mol. The van der Waals surface area contributed by atoms with Crippen LogP contribution in [0.4, 0.5) is 4.39 Å². The van der Waals surface area contributed by atoms with E-state index in [1.165, 1.54) is 18.2 Å². The van der Waals surface area contributed by atoms with E-state index < -0.39 is 5.97 Å². The molecule has 0 unspecified atom stereocenters. The highest BCUT2D eigenvalue weighted by Gasteiger charge is 2.18. The first-order valence-corrected chi connectivity index (χ1v) is 7.03. The molecule has 1 fully saturated rings. The van der Waals surface area contributed by atoms with Crippen molar-refractivity contribution in [2.45, 2.75) is 25.4 Å². The SMILES string of the molecule is CN(Cc1cc(F)cc(C=CC(=O)O)c1)C1CCOCC1. The molecule has 1 aliphatic rings. The molecule has 5 heteroatoms. The predicted octanol–water partition coefficient (Wildman–Crippen LogP) is 2.53. The number of hydrogen-bond donors (Lipinski definition) is 1. The fraction of sp³-hybridized carbons (Fsp3) is 0.438. The van der Waals surface area contributed by atoms with Crippen LogP contribution in [0.15, 0.2) is 24.3 Å². The number of carboxylic acids is 1. The Kier molecular flexibility index (Phi) is 5.47. The lowest BCUT2D eigenvalue weighted by molar-refractivity contribution is -0.131. The van der Waals surface area contributed by atoms with Crippen molar-refractivity contribution < 1.29 is 19.0 Å². The van der Waals surface area contributed by atoms with Crippen LogP contribution in [0.2, 0.25) is 0 Å². The van der Waals surface area contributed by atoms with Gasteiger partial charge in [0.2, 0.25) is 0 Å². The summed E-state index contributed by atoms with van der Waals surface area (Å²) in [7, 11) is 2.02. The Bertz CT molecular complexity index is 524. The van der Waals surface area contributed by atoms with Crippen molar-refractivity contribution >= 4 is 12.0 Å². The van der Waals surface area contributed by atoms with Gasteiger partial charge in [-0.05, 0) is 49.2 Å². The third-order valence-electron chi connectivity index (χ3n) is 3.64. The van der Waals surface area contributed by atoms with Gasteiger partial charge in [-0.15, -0.1) is 0 Å². The number of ether oxygens (including phenoxy) is 1. The molecule has 1 heterocycles. The minimum Gasteiger partial charge on any atom is -0.478 e. The zero-order valence-corrected chi connectivity index (χ0v) is 12.1. The fourth-order valence-electron chi connectivity index (χ4n) is 2.57. The Hall–Kier alpha value is -1.72. The van der Waals surface area contributed by atoms with Crippen molar-refractivity contribution in [3.8, 4) is 0 Å². The molecule has 1 aromatic rings. The molecule has 0 amide bonds. The molecule has 2 rings (SSSR count). The second-order valence-corrected chi connectivity index (χ2v) is 5.32. The van der Waals surface area contributed by atoms with E-state index in [0.717, 1.165) is 37.7 Å². The van der Waals surface area contributed by atoms with Crippen molar-refractivity contribution in [2.75, 3.05) is 20.3 Å². The standard InChI is InChI=1S/C16H20FNO3/c1-18(15-4-6-21-7-5-15)11-13-8-12(2-3-16(19)20)9-14(17)10-13/h2-3,8-10,15H,4-7,11H2,1H3,(H,19,20). The zero-order valence-electron chi connectivity index (χ0n) is 12.1. The lowest BCUT2D eigenvalue weighted by Crippen LogP contribution is -2.36. The maximum absolute atomic E-state index is 13.6. The van der Waals surface area contributed by atoms with Gasteiger partial charge in [0.15, 0.2) is 0 Å². The van der Waals surface area contributed by atoms with Gasteiger partial charge >= 0.3 is 5.97 Å². The van der Waals surface area contributed by atoms with Gasteiger partial charge in [-0.2, -0.15) is 0 Å². The van der Waals surface area contributed by atoms with Crippen molar-refractivity contribution in [1.82, 2.24) is 4.90 Å². The number of carbonyl (C=O) groups is 1. The molecule has 0 saturated carbocycles. The number of nitrogens with zero attached hydrogens (tertiary/aromatic N) is 1. The largest absolute Gasteiger partial charge is 0.478 e. The highest BCUT2D eigenvalue weighted by molar-refractivity contribution is 5.85. The highest BCUT2D eigenvalue weighted by Crippen LogP contribution is 2.18. The maximum Gasteiger partial charge on any atom is 0.328 e. The third kappa shape index (κ3) is 4.95. The van der Waals surface area contributed by atoms with E-state index in [0.29, 0.717) is 18.2 Å². The van der Waals surface area contributed by atoms with Crippen molar-refractivity contribution in [2.24, 2.45) is 0 Å². The van der Waals surface area contributed by atoms with Crippen LogP contribution in [-0.2, 0) is 16.1 Å². The van der Waals surface area contributed by atoms with Crippen molar-refractivity contribution in [3.63, 3.8) is 0 Å². The molecule has 4 nitrogen and oxygen atoms in total. The third-order valence-corrected chi connectivity index (χ3v) is 3.64. The van der Waals surface area contributed by atoms with Gasteiger partial charge in [-0.3, -0.25) is 4.90 Å². The van der Waals surface area contributed by atoms with E-state index in [9.17, 15) is 9.18 Å². The average Bonchev–Trinajstić information content (AvgIpc) is 2.45. The molecule has 0 bridgehead atoms. The van der Waals surface area contributed by atoms with Crippen LogP contribution in [0.25, 0.3) is 6.08 Å². The summed E-state index contributed by atoms with van der Waals surface area (Å²) in [5, 5.41) is 8.63. The summed E-state index contributed by atoms with van der Waals surface area (Å²) in [6.07, 6.45) is 4.39. The number of halogens is 1. The monoisotopic (exact) mass is 293 g/mol. The van der Waals surface area contributed by atoms with Gasteiger partial charge in [-0.1, -0.05) is 6.07 Å². The molecular weight excluding hydrogens is 273 g/mol. The zero-order chi connectivity index (χ0) is 15.2. The van der Waals surface area contributed by atoms with Gasteiger partial charge in [0.1, 0.15) is 5.82 Å². The van der Waals surface area contributed by atoms with Gasteiger partial charge < -0.3 is 9.84 Å². The first-order valence-electron chi connectivity index (χ1n) is 7.03. The second-order valence-electron chi connectivity index (χ2n) is 5.32. The normalized spacial score (nSPS) is 16.7. The Morgan fingerprint density at radius 3 is 2.81 bits per heavy atom. The molecule has 0 spiro atoms. The highest BCUT2D eigenvalue weighted by atomic mass is 19.1. The summed E-state index contributed by atoms with van der Waals surface area (Å²) in [6, 6.07) is 5.09. The van der Waals surface area contributed by atoms with Crippen LogP contribution < -0.4 is 0 Å². The second kappa shape index (κ2) is 7.33. The summed E-state index contributed by atoms with van der Waals surface area (Å²) in [4.78, 5) is 12.7. The van der Waals surface area contributed by atoms with E-state index in [1.54, 1.807) is 0 Å².